The molecule has 1 aromatic carbocycles. The van der Waals surface area contributed by atoms with E-state index in [2.05, 4.69) is 25.7 Å². The number of nitrogens with zero attached hydrogens (tertiary/aromatic N) is 3. The molecule has 0 bridgehead atoms. The van der Waals surface area contributed by atoms with Crippen molar-refractivity contribution in [1.82, 2.24) is 19.9 Å². The third-order valence-electron chi connectivity index (χ3n) is 5.35. The summed E-state index contributed by atoms with van der Waals surface area (Å²) in [5, 5.41) is 8.63. The van der Waals surface area contributed by atoms with Gasteiger partial charge in [0.25, 0.3) is 5.56 Å². The summed E-state index contributed by atoms with van der Waals surface area (Å²) in [5.74, 6) is -0.869. The number of allylic oxidation sites excluding steroid dienone is 1. The molecule has 0 spiro atoms. The second-order valence-electron chi connectivity index (χ2n) is 7.62. The number of para-hydroxylation sites is 2. The molecule has 33 heavy (non-hydrogen) atoms. The quantitative estimate of drug-likeness (QED) is 0.525. The molecule has 170 valence electrons. The summed E-state index contributed by atoms with van der Waals surface area (Å²) >= 11 is 0. The minimum absolute atomic E-state index is 0.0237. The van der Waals surface area contributed by atoms with E-state index < -0.39 is 5.97 Å². The van der Waals surface area contributed by atoms with Gasteiger partial charge in [0, 0.05) is 28.7 Å². The largest absolute Gasteiger partial charge is 0.462 e. The van der Waals surface area contributed by atoms with E-state index in [1.54, 1.807) is 38.3 Å². The van der Waals surface area contributed by atoms with Crippen LogP contribution < -0.4 is 16.2 Å². The van der Waals surface area contributed by atoms with E-state index in [9.17, 15) is 14.4 Å². The Hall–Kier alpha value is -4.21. The van der Waals surface area contributed by atoms with Crippen LogP contribution in [0.4, 0.5) is 11.4 Å². The van der Waals surface area contributed by atoms with Crippen LogP contribution in [-0.2, 0) is 20.7 Å². The number of aromatic nitrogens is 3. The van der Waals surface area contributed by atoms with Crippen LogP contribution in [0, 0.1) is 13.8 Å². The first-order valence-corrected chi connectivity index (χ1v) is 10.5. The molecule has 2 aromatic heterocycles. The predicted octanol–water partition coefficient (Wildman–Crippen LogP) is 2.29. The highest BCUT2D eigenvalue weighted by Crippen LogP contribution is 2.30. The van der Waals surface area contributed by atoms with Crippen molar-refractivity contribution >= 4 is 34.7 Å². The Bertz CT molecular complexity index is 1400. The fraction of sp³-hybridized carbons (Fsp3) is 0.261. The molecule has 3 aromatic rings. The summed E-state index contributed by atoms with van der Waals surface area (Å²) in [6.07, 6.45) is -0.0237. The van der Waals surface area contributed by atoms with Gasteiger partial charge in [-0.25, -0.2) is 19.3 Å². The first kappa shape index (κ1) is 22.0. The number of aryl methyl sites for hydroxylation is 2. The fourth-order valence-electron chi connectivity index (χ4n) is 3.79. The fourth-order valence-corrected chi connectivity index (χ4v) is 3.79. The number of H-pyrrole nitrogens is 1. The summed E-state index contributed by atoms with van der Waals surface area (Å²) in [5.41, 5.74) is 4.15. The topological polar surface area (TPSA) is 130 Å². The summed E-state index contributed by atoms with van der Waals surface area (Å²) in [7, 11) is 0. The van der Waals surface area contributed by atoms with Gasteiger partial charge in [0.15, 0.2) is 5.65 Å². The Kier molecular flexibility index (Phi) is 5.82. The summed E-state index contributed by atoms with van der Waals surface area (Å²) in [6, 6.07) is 8.68. The number of anilines is 1. The van der Waals surface area contributed by atoms with Gasteiger partial charge in [-0.2, -0.15) is 0 Å². The van der Waals surface area contributed by atoms with Gasteiger partial charge < -0.3 is 15.4 Å². The number of rotatable bonds is 4. The van der Waals surface area contributed by atoms with Crippen molar-refractivity contribution in [2.24, 2.45) is 4.99 Å². The molecule has 3 N–H and O–H groups in total. The van der Waals surface area contributed by atoms with E-state index in [1.165, 1.54) is 6.07 Å². The zero-order valence-electron chi connectivity index (χ0n) is 18.8. The van der Waals surface area contributed by atoms with E-state index >= 15 is 0 Å². The molecular formula is C23H24N6O4. The second-order valence-corrected chi connectivity index (χ2v) is 7.62. The number of hydrogen-bond donors (Lipinski definition) is 3. The Morgan fingerprint density at radius 3 is 2.70 bits per heavy atom. The van der Waals surface area contributed by atoms with Gasteiger partial charge in [0.1, 0.15) is 11.4 Å². The Balaban J connectivity index is 1.70. The van der Waals surface area contributed by atoms with Crippen LogP contribution in [0.1, 0.15) is 30.8 Å². The molecule has 4 rings (SSSR count). The molecule has 0 saturated heterocycles. The van der Waals surface area contributed by atoms with Crippen molar-refractivity contribution in [3.8, 4) is 0 Å². The molecule has 0 unspecified atom stereocenters. The highest BCUT2D eigenvalue weighted by atomic mass is 16.5. The minimum atomic E-state index is -0.588. The number of nitrogens with one attached hydrogen (secondary N) is 3. The summed E-state index contributed by atoms with van der Waals surface area (Å²) in [4.78, 5) is 46.5. The average Bonchev–Trinajstić information content (AvgIpc) is 3.06. The molecule has 3 heterocycles. The van der Waals surface area contributed by atoms with Crippen LogP contribution in [0.15, 0.2) is 51.4 Å². The highest BCUT2D eigenvalue weighted by Gasteiger charge is 2.26. The first-order chi connectivity index (χ1) is 15.8. The third kappa shape index (κ3) is 4.27. The normalized spacial score (nSPS) is 13.2. The maximum Gasteiger partial charge on any atom is 0.343 e. The smallest absolute Gasteiger partial charge is 0.343 e. The van der Waals surface area contributed by atoms with Crippen LogP contribution in [-0.4, -0.2) is 38.9 Å². The maximum atomic E-state index is 13.1. The number of carbonyl (C=O) groups excluding carboxylic acids is 2. The molecule has 1 aliphatic heterocycles. The van der Waals surface area contributed by atoms with Crippen LogP contribution in [0.3, 0.4) is 0 Å². The van der Waals surface area contributed by atoms with E-state index in [-0.39, 0.29) is 35.9 Å². The number of aliphatic imine (C=N–C) groups is 1. The lowest BCUT2D eigenvalue weighted by atomic mass is 10.1. The van der Waals surface area contributed by atoms with Crippen LogP contribution in [0.5, 0.6) is 0 Å². The van der Waals surface area contributed by atoms with E-state index in [4.69, 9.17) is 4.74 Å². The van der Waals surface area contributed by atoms with Crippen molar-refractivity contribution in [1.29, 1.82) is 0 Å². The predicted molar refractivity (Wildman–Crippen MR) is 124 cm³/mol. The van der Waals surface area contributed by atoms with Crippen molar-refractivity contribution in [3.05, 3.63) is 68.9 Å². The highest BCUT2D eigenvalue weighted by molar-refractivity contribution is 6.24. The van der Waals surface area contributed by atoms with Crippen molar-refractivity contribution in [2.45, 2.75) is 34.1 Å². The molecule has 10 heteroatoms. The number of ether oxygens (including phenoxy) is 1. The Labute approximate surface area is 189 Å². The number of aromatic amines is 1. The lowest BCUT2D eigenvalue weighted by molar-refractivity contribution is -0.137. The maximum absolute atomic E-state index is 13.1. The van der Waals surface area contributed by atoms with Crippen LogP contribution in [0.25, 0.3) is 5.65 Å². The monoisotopic (exact) mass is 448 g/mol. The van der Waals surface area contributed by atoms with Gasteiger partial charge >= 0.3 is 5.97 Å². The Morgan fingerprint density at radius 2 is 1.94 bits per heavy atom. The molecule has 1 aliphatic rings. The lowest BCUT2D eigenvalue weighted by Crippen LogP contribution is -2.36. The molecule has 0 aliphatic carbocycles. The van der Waals surface area contributed by atoms with Gasteiger partial charge in [-0.05, 0) is 39.8 Å². The zero-order valence-corrected chi connectivity index (χ0v) is 18.8. The summed E-state index contributed by atoms with van der Waals surface area (Å²) < 4.78 is 6.76. The first-order valence-electron chi connectivity index (χ1n) is 10.5. The van der Waals surface area contributed by atoms with Crippen molar-refractivity contribution < 1.29 is 14.3 Å². The number of benzene rings is 1. The second kappa shape index (κ2) is 8.73. The van der Waals surface area contributed by atoms with Crippen molar-refractivity contribution in [2.75, 3.05) is 11.9 Å². The van der Waals surface area contributed by atoms with Crippen LogP contribution in [0.2, 0.25) is 0 Å². The number of amidine groups is 1. The number of esters is 1. The minimum Gasteiger partial charge on any atom is -0.462 e. The Morgan fingerprint density at radius 1 is 1.18 bits per heavy atom. The SMILES string of the molecule is CCOC(=O)C1=C(C)Nc2ccccc2N=C1NC(=O)Cc1c(C)nc2cc(=O)[nH]n2c1C. The van der Waals surface area contributed by atoms with Gasteiger partial charge in [-0.3, -0.25) is 14.7 Å². The molecule has 0 fully saturated rings. The van der Waals surface area contributed by atoms with Crippen LogP contribution >= 0.6 is 0 Å². The third-order valence-corrected chi connectivity index (χ3v) is 5.35. The molecule has 0 atom stereocenters. The van der Waals surface area contributed by atoms with Crippen molar-refractivity contribution in [3.63, 3.8) is 0 Å². The van der Waals surface area contributed by atoms with Gasteiger partial charge in [0.2, 0.25) is 5.91 Å². The molecule has 10 nitrogen and oxygen atoms in total. The molecule has 1 amide bonds. The van der Waals surface area contributed by atoms with Gasteiger partial charge in [0.05, 0.1) is 24.4 Å². The summed E-state index contributed by atoms with van der Waals surface area (Å²) in [6.45, 7) is 7.21. The van der Waals surface area contributed by atoms with E-state index in [0.29, 0.717) is 39.7 Å². The molecular weight excluding hydrogens is 424 g/mol. The number of carbonyl (C=O) groups is 2. The molecule has 0 saturated carbocycles. The zero-order chi connectivity index (χ0) is 23.7. The van der Waals surface area contributed by atoms with E-state index in [1.807, 2.05) is 18.2 Å². The standard InChI is InChI=1S/C23H24N6O4/c1-5-33-23(32)21-13(3)24-16-8-6-7-9-17(16)26-22(21)27-19(30)10-15-12(2)25-18-11-20(31)28-29(18)14(15)4/h6-9,11,24H,5,10H2,1-4H3,(H,28,31)(H,26,27,30). The van der Waals surface area contributed by atoms with Gasteiger partial charge in [-0.1, -0.05) is 12.1 Å². The lowest BCUT2D eigenvalue weighted by Gasteiger charge is -2.15. The van der Waals surface area contributed by atoms with Gasteiger partial charge in [-0.15, -0.1) is 0 Å². The number of fused-ring (bicyclic) bond motifs is 2. The number of amides is 1. The average molecular weight is 448 g/mol. The molecule has 0 radical (unpaired) electrons. The van der Waals surface area contributed by atoms with E-state index in [0.717, 1.165) is 0 Å². The number of hydrogen-bond acceptors (Lipinski definition) is 7.